The SMILES string of the molecule is Cl.NC[C@H]1CC[C@@H](C(=O)NC(CCc2ccccc2)c2ccccc2)O1. The molecule has 3 rings (SSSR count). The Balaban J connectivity index is 0.00000243. The van der Waals surface area contributed by atoms with E-state index in [1.165, 1.54) is 5.56 Å². The van der Waals surface area contributed by atoms with Crippen molar-refractivity contribution in [2.24, 2.45) is 5.73 Å². The lowest BCUT2D eigenvalue weighted by Crippen LogP contribution is -2.38. The Kier molecular flexibility index (Phi) is 8.10. The van der Waals surface area contributed by atoms with Crippen molar-refractivity contribution in [1.29, 1.82) is 0 Å². The van der Waals surface area contributed by atoms with Gasteiger partial charge in [0.2, 0.25) is 5.91 Å². The van der Waals surface area contributed by atoms with E-state index in [-0.39, 0.29) is 36.6 Å². The third-order valence-electron chi connectivity index (χ3n) is 4.75. The Morgan fingerprint density at radius 3 is 2.35 bits per heavy atom. The van der Waals surface area contributed by atoms with E-state index in [2.05, 4.69) is 29.6 Å². The van der Waals surface area contributed by atoms with Crippen LogP contribution in [0.1, 0.15) is 36.4 Å². The standard InChI is InChI=1S/C21H26N2O2.ClH/c22-15-18-12-14-20(25-18)21(24)23-19(17-9-5-2-6-10-17)13-11-16-7-3-1-4-8-16;/h1-10,18-20H,11-15,22H2,(H,23,24);1H/t18-,19?,20+;/m1./s1. The Morgan fingerprint density at radius 2 is 1.73 bits per heavy atom. The van der Waals surface area contributed by atoms with Crippen LogP contribution in [0.15, 0.2) is 60.7 Å². The van der Waals surface area contributed by atoms with E-state index in [0.29, 0.717) is 6.54 Å². The Hall–Kier alpha value is -1.88. The maximum absolute atomic E-state index is 12.6. The van der Waals surface area contributed by atoms with Crippen LogP contribution in [0.25, 0.3) is 0 Å². The van der Waals surface area contributed by atoms with E-state index >= 15 is 0 Å². The topological polar surface area (TPSA) is 64.4 Å². The van der Waals surface area contributed by atoms with Crippen LogP contribution in [0.3, 0.4) is 0 Å². The largest absolute Gasteiger partial charge is 0.364 e. The third kappa shape index (κ3) is 5.56. The van der Waals surface area contributed by atoms with Crippen molar-refractivity contribution in [3.05, 3.63) is 71.8 Å². The first kappa shape index (κ1) is 20.4. The molecule has 1 aliphatic rings. The number of hydrogen-bond acceptors (Lipinski definition) is 3. The molecule has 1 aliphatic heterocycles. The quantitative estimate of drug-likeness (QED) is 0.780. The molecule has 0 spiro atoms. The van der Waals surface area contributed by atoms with Gasteiger partial charge >= 0.3 is 0 Å². The molecule has 1 fully saturated rings. The zero-order valence-corrected chi connectivity index (χ0v) is 15.7. The molecule has 3 N–H and O–H groups in total. The number of nitrogens with two attached hydrogens (primary N) is 1. The van der Waals surface area contributed by atoms with Crippen LogP contribution in [-0.2, 0) is 16.0 Å². The number of rotatable bonds is 7. The lowest BCUT2D eigenvalue weighted by Gasteiger charge is -2.22. The third-order valence-corrected chi connectivity index (χ3v) is 4.75. The van der Waals surface area contributed by atoms with Gasteiger partial charge in [0.1, 0.15) is 6.10 Å². The summed E-state index contributed by atoms with van der Waals surface area (Å²) in [4.78, 5) is 12.6. The average Bonchev–Trinajstić information content (AvgIpc) is 3.16. The monoisotopic (exact) mass is 374 g/mol. The fourth-order valence-electron chi connectivity index (χ4n) is 3.30. The number of amides is 1. The fourth-order valence-corrected chi connectivity index (χ4v) is 3.30. The Morgan fingerprint density at radius 1 is 1.08 bits per heavy atom. The normalized spacial score (nSPS) is 20.2. The van der Waals surface area contributed by atoms with Crippen molar-refractivity contribution in [2.45, 2.75) is 43.9 Å². The second kappa shape index (κ2) is 10.3. The van der Waals surface area contributed by atoms with Crippen LogP contribution in [0.4, 0.5) is 0 Å². The molecule has 2 aromatic rings. The highest BCUT2D eigenvalue weighted by molar-refractivity contribution is 5.85. The van der Waals surface area contributed by atoms with E-state index in [1.807, 2.05) is 36.4 Å². The van der Waals surface area contributed by atoms with Crippen molar-refractivity contribution < 1.29 is 9.53 Å². The van der Waals surface area contributed by atoms with Gasteiger partial charge in [-0.1, -0.05) is 60.7 Å². The van der Waals surface area contributed by atoms with Gasteiger partial charge in [0.15, 0.2) is 0 Å². The van der Waals surface area contributed by atoms with Gasteiger partial charge in [0.25, 0.3) is 0 Å². The van der Waals surface area contributed by atoms with E-state index in [4.69, 9.17) is 10.5 Å². The zero-order valence-electron chi connectivity index (χ0n) is 14.8. The molecule has 0 saturated carbocycles. The van der Waals surface area contributed by atoms with Crippen molar-refractivity contribution >= 4 is 18.3 Å². The number of carbonyl (C=O) groups is 1. The minimum Gasteiger partial charge on any atom is -0.364 e. The summed E-state index contributed by atoms with van der Waals surface area (Å²) in [6, 6.07) is 20.5. The summed E-state index contributed by atoms with van der Waals surface area (Å²) in [5.74, 6) is -0.0298. The highest BCUT2D eigenvalue weighted by atomic mass is 35.5. The molecule has 1 saturated heterocycles. The second-order valence-corrected chi connectivity index (χ2v) is 6.56. The van der Waals surface area contributed by atoms with Gasteiger partial charge in [-0.25, -0.2) is 0 Å². The first-order valence-electron chi connectivity index (χ1n) is 9.01. The Bertz CT molecular complexity index is 666. The minimum atomic E-state index is -0.378. The van der Waals surface area contributed by atoms with E-state index in [9.17, 15) is 4.79 Å². The maximum Gasteiger partial charge on any atom is 0.249 e. The maximum atomic E-state index is 12.6. The van der Waals surface area contributed by atoms with E-state index in [1.54, 1.807) is 0 Å². The molecular weight excluding hydrogens is 348 g/mol. The number of carbonyl (C=O) groups excluding carboxylic acids is 1. The van der Waals surface area contributed by atoms with Crippen LogP contribution in [0.2, 0.25) is 0 Å². The number of halogens is 1. The molecule has 2 aromatic carbocycles. The second-order valence-electron chi connectivity index (χ2n) is 6.56. The molecule has 0 aromatic heterocycles. The first-order valence-corrected chi connectivity index (χ1v) is 9.01. The molecular formula is C21H27ClN2O2. The van der Waals surface area contributed by atoms with Crippen molar-refractivity contribution in [1.82, 2.24) is 5.32 Å². The number of hydrogen-bond donors (Lipinski definition) is 2. The summed E-state index contributed by atoms with van der Waals surface area (Å²) in [5.41, 5.74) is 8.04. The number of benzene rings is 2. The van der Waals surface area contributed by atoms with Gasteiger partial charge in [-0.15, -0.1) is 12.4 Å². The van der Waals surface area contributed by atoms with Gasteiger partial charge in [-0.05, 0) is 36.8 Å². The van der Waals surface area contributed by atoms with E-state index < -0.39 is 0 Å². The van der Waals surface area contributed by atoms with Crippen LogP contribution in [-0.4, -0.2) is 24.7 Å². The molecule has 5 heteroatoms. The van der Waals surface area contributed by atoms with Crippen molar-refractivity contribution in [2.75, 3.05) is 6.54 Å². The number of nitrogens with one attached hydrogen (secondary N) is 1. The highest BCUT2D eigenvalue weighted by Crippen LogP contribution is 2.23. The van der Waals surface area contributed by atoms with E-state index in [0.717, 1.165) is 31.2 Å². The zero-order chi connectivity index (χ0) is 17.5. The van der Waals surface area contributed by atoms with Gasteiger partial charge in [0, 0.05) is 6.54 Å². The average molecular weight is 375 g/mol. The van der Waals surface area contributed by atoms with Gasteiger partial charge < -0.3 is 15.8 Å². The van der Waals surface area contributed by atoms with Crippen LogP contribution in [0, 0.1) is 0 Å². The highest BCUT2D eigenvalue weighted by Gasteiger charge is 2.31. The molecule has 1 heterocycles. The number of aryl methyl sites for hydroxylation is 1. The molecule has 140 valence electrons. The molecule has 0 radical (unpaired) electrons. The summed E-state index contributed by atoms with van der Waals surface area (Å²) >= 11 is 0. The van der Waals surface area contributed by atoms with Gasteiger partial charge in [-0.3, -0.25) is 4.79 Å². The van der Waals surface area contributed by atoms with Crippen LogP contribution in [0.5, 0.6) is 0 Å². The Labute approximate surface area is 161 Å². The van der Waals surface area contributed by atoms with Gasteiger partial charge in [0.05, 0.1) is 12.1 Å². The molecule has 0 aliphatic carbocycles. The lowest BCUT2D eigenvalue weighted by atomic mass is 9.98. The number of ether oxygens (including phenoxy) is 1. The molecule has 4 nitrogen and oxygen atoms in total. The van der Waals surface area contributed by atoms with Crippen LogP contribution >= 0.6 is 12.4 Å². The first-order chi connectivity index (χ1) is 12.3. The lowest BCUT2D eigenvalue weighted by molar-refractivity contribution is -0.132. The van der Waals surface area contributed by atoms with Gasteiger partial charge in [-0.2, -0.15) is 0 Å². The van der Waals surface area contributed by atoms with Crippen LogP contribution < -0.4 is 11.1 Å². The minimum absolute atomic E-state index is 0. The smallest absolute Gasteiger partial charge is 0.249 e. The predicted molar refractivity (Wildman–Crippen MR) is 106 cm³/mol. The van der Waals surface area contributed by atoms with Crippen molar-refractivity contribution in [3.8, 4) is 0 Å². The fraction of sp³-hybridized carbons (Fsp3) is 0.381. The summed E-state index contributed by atoms with van der Waals surface area (Å²) in [6.45, 7) is 0.472. The predicted octanol–water partition coefficient (Wildman–Crippen LogP) is 3.40. The molecule has 1 amide bonds. The van der Waals surface area contributed by atoms with Crippen molar-refractivity contribution in [3.63, 3.8) is 0 Å². The summed E-state index contributed by atoms with van der Waals surface area (Å²) in [6.07, 6.45) is 3.00. The summed E-state index contributed by atoms with van der Waals surface area (Å²) in [7, 11) is 0. The molecule has 0 bridgehead atoms. The summed E-state index contributed by atoms with van der Waals surface area (Å²) < 4.78 is 5.73. The molecule has 26 heavy (non-hydrogen) atoms. The molecule has 1 unspecified atom stereocenters. The summed E-state index contributed by atoms with van der Waals surface area (Å²) in [5, 5.41) is 3.19. The molecule has 3 atom stereocenters.